The second kappa shape index (κ2) is 10.8. The van der Waals surface area contributed by atoms with E-state index in [0.717, 1.165) is 12.0 Å². The Bertz CT molecular complexity index is 204. The summed E-state index contributed by atoms with van der Waals surface area (Å²) in [5.41, 5.74) is 2.54. The number of hydrogen-bond donors (Lipinski definition) is 1. The molecule has 0 radical (unpaired) electrons. The summed E-state index contributed by atoms with van der Waals surface area (Å²) in [6.45, 7) is 8.32. The minimum absolute atomic E-state index is 0.274. The van der Waals surface area contributed by atoms with E-state index < -0.39 is 0 Å². The summed E-state index contributed by atoms with van der Waals surface area (Å²) in [4.78, 5) is 0. The lowest BCUT2D eigenvalue weighted by Crippen LogP contribution is -2.03. The van der Waals surface area contributed by atoms with E-state index in [2.05, 4.69) is 13.8 Å². The molecule has 1 heteroatoms. The molecular formula is C16H32O. The molecule has 0 aliphatic carbocycles. The Labute approximate surface area is 108 Å². The Hall–Kier alpha value is -0.300. The Morgan fingerprint density at radius 1 is 0.882 bits per heavy atom. The molecule has 0 fully saturated rings. The average molecular weight is 240 g/mol. The van der Waals surface area contributed by atoms with Crippen molar-refractivity contribution in [3.8, 4) is 0 Å². The van der Waals surface area contributed by atoms with Crippen LogP contribution in [0.1, 0.15) is 85.5 Å². The molecule has 0 saturated heterocycles. The van der Waals surface area contributed by atoms with Gasteiger partial charge in [-0.3, -0.25) is 0 Å². The van der Waals surface area contributed by atoms with Gasteiger partial charge in [0.15, 0.2) is 0 Å². The summed E-state index contributed by atoms with van der Waals surface area (Å²) in [6.07, 6.45) is 11.8. The van der Waals surface area contributed by atoms with Crippen LogP contribution in [0, 0.1) is 0 Å². The van der Waals surface area contributed by atoms with E-state index in [9.17, 15) is 5.11 Å². The number of unbranched alkanes of at least 4 members (excludes halogenated alkanes) is 7. The van der Waals surface area contributed by atoms with E-state index in [-0.39, 0.29) is 6.10 Å². The fraction of sp³-hybridized carbons (Fsp3) is 0.875. The second-order valence-electron chi connectivity index (χ2n) is 5.36. The standard InChI is InChI=1S/C16H32O/c1-5-6-7-8-9-10-11-12-13-14(2)15(3)16(4)17/h16-17H,5-13H2,1-4H3. The number of aliphatic hydroxyl groups is 1. The lowest BCUT2D eigenvalue weighted by Gasteiger charge is -2.10. The van der Waals surface area contributed by atoms with Crippen LogP contribution in [0.25, 0.3) is 0 Å². The van der Waals surface area contributed by atoms with Crippen LogP contribution in [0.3, 0.4) is 0 Å². The molecule has 0 aliphatic rings. The molecule has 1 atom stereocenters. The molecule has 0 amide bonds. The quantitative estimate of drug-likeness (QED) is 0.409. The zero-order valence-electron chi connectivity index (χ0n) is 12.4. The van der Waals surface area contributed by atoms with Crippen LogP contribution in [0.5, 0.6) is 0 Å². The molecular weight excluding hydrogens is 208 g/mol. The van der Waals surface area contributed by atoms with E-state index in [0.29, 0.717) is 0 Å². The maximum Gasteiger partial charge on any atom is 0.0721 e. The van der Waals surface area contributed by atoms with E-state index in [1.165, 1.54) is 56.9 Å². The molecule has 1 unspecified atom stereocenters. The fourth-order valence-corrected chi connectivity index (χ4v) is 2.08. The van der Waals surface area contributed by atoms with Crippen molar-refractivity contribution in [1.82, 2.24) is 0 Å². The van der Waals surface area contributed by atoms with Gasteiger partial charge in [-0.05, 0) is 39.2 Å². The number of allylic oxidation sites excluding steroid dienone is 1. The van der Waals surface area contributed by atoms with Crippen LogP contribution in [0.4, 0.5) is 0 Å². The van der Waals surface area contributed by atoms with Gasteiger partial charge in [0.2, 0.25) is 0 Å². The predicted octanol–water partition coefficient (Wildman–Crippen LogP) is 5.23. The molecule has 0 spiro atoms. The van der Waals surface area contributed by atoms with Crippen LogP contribution < -0.4 is 0 Å². The summed E-state index contributed by atoms with van der Waals surface area (Å²) < 4.78 is 0. The SMILES string of the molecule is CCCCCCCCCCC(C)=C(C)C(C)O. The van der Waals surface area contributed by atoms with Crippen molar-refractivity contribution in [2.24, 2.45) is 0 Å². The highest BCUT2D eigenvalue weighted by Gasteiger charge is 2.02. The van der Waals surface area contributed by atoms with Gasteiger partial charge in [-0.1, -0.05) is 57.4 Å². The van der Waals surface area contributed by atoms with E-state index in [1.54, 1.807) is 0 Å². The third-order valence-corrected chi connectivity index (χ3v) is 3.71. The normalized spacial score (nSPS) is 14.6. The molecule has 1 nitrogen and oxygen atoms in total. The maximum atomic E-state index is 9.46. The van der Waals surface area contributed by atoms with Crippen molar-refractivity contribution >= 4 is 0 Å². The van der Waals surface area contributed by atoms with Gasteiger partial charge in [-0.2, -0.15) is 0 Å². The summed E-state index contributed by atoms with van der Waals surface area (Å²) >= 11 is 0. The highest BCUT2D eigenvalue weighted by molar-refractivity contribution is 5.12. The molecule has 0 bridgehead atoms. The van der Waals surface area contributed by atoms with E-state index >= 15 is 0 Å². The van der Waals surface area contributed by atoms with Crippen molar-refractivity contribution in [3.63, 3.8) is 0 Å². The molecule has 0 aliphatic heterocycles. The highest BCUT2D eigenvalue weighted by Crippen LogP contribution is 2.16. The lowest BCUT2D eigenvalue weighted by molar-refractivity contribution is 0.230. The van der Waals surface area contributed by atoms with Crippen LogP contribution >= 0.6 is 0 Å². The summed E-state index contributed by atoms with van der Waals surface area (Å²) in [6, 6.07) is 0. The lowest BCUT2D eigenvalue weighted by atomic mass is 10.00. The smallest absolute Gasteiger partial charge is 0.0721 e. The first-order chi connectivity index (χ1) is 8.09. The summed E-state index contributed by atoms with van der Waals surface area (Å²) in [5, 5.41) is 9.46. The van der Waals surface area contributed by atoms with Gasteiger partial charge in [0.25, 0.3) is 0 Å². The monoisotopic (exact) mass is 240 g/mol. The van der Waals surface area contributed by atoms with Gasteiger partial charge in [-0.15, -0.1) is 0 Å². The largest absolute Gasteiger partial charge is 0.389 e. The highest BCUT2D eigenvalue weighted by atomic mass is 16.3. The minimum atomic E-state index is -0.274. The molecule has 0 saturated carbocycles. The Kier molecular flexibility index (Phi) is 10.6. The van der Waals surface area contributed by atoms with Gasteiger partial charge < -0.3 is 5.11 Å². The van der Waals surface area contributed by atoms with Crippen molar-refractivity contribution in [2.75, 3.05) is 0 Å². The first-order valence-corrected chi connectivity index (χ1v) is 7.43. The molecule has 17 heavy (non-hydrogen) atoms. The van der Waals surface area contributed by atoms with Gasteiger partial charge in [-0.25, -0.2) is 0 Å². The van der Waals surface area contributed by atoms with Crippen LogP contribution in [-0.2, 0) is 0 Å². The van der Waals surface area contributed by atoms with Gasteiger partial charge in [0.05, 0.1) is 6.10 Å². The zero-order chi connectivity index (χ0) is 13.1. The third-order valence-electron chi connectivity index (χ3n) is 3.71. The van der Waals surface area contributed by atoms with Crippen molar-refractivity contribution in [3.05, 3.63) is 11.1 Å². The Morgan fingerprint density at radius 2 is 1.35 bits per heavy atom. The van der Waals surface area contributed by atoms with Crippen LogP contribution in [0.2, 0.25) is 0 Å². The van der Waals surface area contributed by atoms with E-state index in [4.69, 9.17) is 0 Å². The third kappa shape index (κ3) is 9.41. The first-order valence-electron chi connectivity index (χ1n) is 7.43. The zero-order valence-corrected chi connectivity index (χ0v) is 12.4. The topological polar surface area (TPSA) is 20.2 Å². The predicted molar refractivity (Wildman–Crippen MR) is 77.3 cm³/mol. The van der Waals surface area contributed by atoms with Gasteiger partial charge >= 0.3 is 0 Å². The number of rotatable bonds is 10. The van der Waals surface area contributed by atoms with Crippen molar-refractivity contribution in [2.45, 2.75) is 91.6 Å². The summed E-state index contributed by atoms with van der Waals surface area (Å²) in [5.74, 6) is 0. The average Bonchev–Trinajstić information content (AvgIpc) is 2.31. The van der Waals surface area contributed by atoms with Crippen molar-refractivity contribution in [1.29, 1.82) is 0 Å². The van der Waals surface area contributed by atoms with Crippen molar-refractivity contribution < 1.29 is 5.11 Å². The number of aliphatic hydroxyl groups excluding tert-OH is 1. The van der Waals surface area contributed by atoms with Gasteiger partial charge in [0.1, 0.15) is 0 Å². The molecule has 0 heterocycles. The Balaban J connectivity index is 3.43. The van der Waals surface area contributed by atoms with Crippen LogP contribution in [0.15, 0.2) is 11.1 Å². The minimum Gasteiger partial charge on any atom is -0.389 e. The maximum absolute atomic E-state index is 9.46. The van der Waals surface area contributed by atoms with Crippen LogP contribution in [-0.4, -0.2) is 11.2 Å². The molecule has 1 N–H and O–H groups in total. The fourth-order valence-electron chi connectivity index (χ4n) is 2.08. The molecule has 0 aromatic heterocycles. The molecule has 0 aromatic carbocycles. The number of hydrogen-bond acceptors (Lipinski definition) is 1. The molecule has 102 valence electrons. The Morgan fingerprint density at radius 3 is 1.82 bits per heavy atom. The molecule has 0 rings (SSSR count). The van der Waals surface area contributed by atoms with Gasteiger partial charge in [0, 0.05) is 0 Å². The molecule has 0 aromatic rings. The second-order valence-corrected chi connectivity index (χ2v) is 5.36. The first kappa shape index (κ1) is 16.7. The van der Waals surface area contributed by atoms with E-state index in [1.807, 2.05) is 13.8 Å². The summed E-state index contributed by atoms with van der Waals surface area (Å²) in [7, 11) is 0.